The zero-order valence-electron chi connectivity index (χ0n) is 11.2. The lowest BCUT2D eigenvalue weighted by molar-refractivity contribution is -0.116. The van der Waals surface area contributed by atoms with Crippen molar-refractivity contribution in [1.29, 1.82) is 0 Å². The highest BCUT2D eigenvalue weighted by atomic mass is 16.3. The lowest BCUT2D eigenvalue weighted by atomic mass is 10.2. The van der Waals surface area contributed by atoms with Gasteiger partial charge in [0.15, 0.2) is 0 Å². The van der Waals surface area contributed by atoms with Crippen LogP contribution in [0.5, 0.6) is 0 Å². The van der Waals surface area contributed by atoms with Crippen LogP contribution in [0.2, 0.25) is 0 Å². The van der Waals surface area contributed by atoms with E-state index < -0.39 is 6.03 Å². The van der Waals surface area contributed by atoms with Gasteiger partial charge in [-0.15, -0.1) is 0 Å². The topological polar surface area (TPSA) is 97.4 Å². The van der Waals surface area contributed by atoms with E-state index >= 15 is 0 Å². The number of hydrogen-bond donors (Lipinski definition) is 3. The predicted octanol–water partition coefficient (Wildman–Crippen LogP) is 2.10. The van der Waals surface area contributed by atoms with Crippen molar-refractivity contribution in [2.45, 2.75) is 6.54 Å². The summed E-state index contributed by atoms with van der Waals surface area (Å²) in [5.74, 6) is 0.401. The summed E-state index contributed by atoms with van der Waals surface area (Å²) in [6.07, 6.45) is 4.54. The SMILES string of the molecule is NC(=O)Nc1ccc(CNC(=O)C=Cc2ccco2)cc1. The molecule has 108 valence electrons. The van der Waals surface area contributed by atoms with E-state index in [4.69, 9.17) is 10.2 Å². The molecule has 0 saturated carbocycles. The Morgan fingerprint density at radius 1 is 1.19 bits per heavy atom. The average Bonchev–Trinajstić information content (AvgIpc) is 2.97. The van der Waals surface area contributed by atoms with Crippen LogP contribution < -0.4 is 16.4 Å². The number of amides is 3. The number of nitrogens with one attached hydrogen (secondary N) is 2. The normalized spacial score (nSPS) is 10.5. The minimum absolute atomic E-state index is 0.217. The molecule has 2 rings (SSSR count). The number of carbonyl (C=O) groups excluding carboxylic acids is 2. The number of hydrogen-bond acceptors (Lipinski definition) is 3. The Hall–Kier alpha value is -3.02. The van der Waals surface area contributed by atoms with E-state index in [0.29, 0.717) is 18.0 Å². The Balaban J connectivity index is 1.82. The first kappa shape index (κ1) is 14.4. The van der Waals surface area contributed by atoms with Crippen molar-refractivity contribution in [2.75, 3.05) is 5.32 Å². The number of rotatable bonds is 5. The summed E-state index contributed by atoms with van der Waals surface area (Å²) in [4.78, 5) is 22.3. The van der Waals surface area contributed by atoms with Gasteiger partial charge in [-0.3, -0.25) is 4.79 Å². The van der Waals surface area contributed by atoms with Gasteiger partial charge in [-0.25, -0.2) is 4.79 Å². The molecular formula is C15H15N3O3. The number of benzene rings is 1. The van der Waals surface area contributed by atoms with Gasteiger partial charge in [0.05, 0.1) is 6.26 Å². The summed E-state index contributed by atoms with van der Waals surface area (Å²) in [5.41, 5.74) is 6.53. The van der Waals surface area contributed by atoms with E-state index in [1.54, 1.807) is 48.7 Å². The van der Waals surface area contributed by atoms with Crippen molar-refractivity contribution >= 4 is 23.7 Å². The molecule has 0 aliphatic carbocycles. The van der Waals surface area contributed by atoms with Crippen LogP contribution in [0.25, 0.3) is 6.08 Å². The minimum atomic E-state index is -0.612. The standard InChI is InChI=1S/C15H15N3O3/c16-15(20)18-12-5-3-11(4-6-12)10-17-14(19)8-7-13-2-1-9-21-13/h1-9H,10H2,(H,17,19)(H3,16,18,20). The molecular weight excluding hydrogens is 270 g/mol. The van der Waals surface area contributed by atoms with E-state index in [1.165, 1.54) is 6.08 Å². The molecule has 0 aliphatic rings. The summed E-state index contributed by atoms with van der Waals surface area (Å²) >= 11 is 0. The van der Waals surface area contributed by atoms with Crippen LogP contribution in [0.3, 0.4) is 0 Å². The van der Waals surface area contributed by atoms with E-state index in [-0.39, 0.29) is 5.91 Å². The maximum atomic E-state index is 11.6. The molecule has 0 spiro atoms. The summed E-state index contributed by atoms with van der Waals surface area (Å²) in [5, 5.41) is 5.20. The zero-order chi connectivity index (χ0) is 15.1. The highest BCUT2D eigenvalue weighted by molar-refractivity contribution is 5.91. The van der Waals surface area contributed by atoms with Crippen LogP contribution in [0.4, 0.5) is 10.5 Å². The summed E-state index contributed by atoms with van der Waals surface area (Å²) in [6, 6.07) is 9.91. The number of primary amides is 1. The lowest BCUT2D eigenvalue weighted by Gasteiger charge is -2.05. The van der Waals surface area contributed by atoms with Gasteiger partial charge in [-0.05, 0) is 35.9 Å². The second kappa shape index (κ2) is 6.95. The molecule has 0 bridgehead atoms. The van der Waals surface area contributed by atoms with Gasteiger partial charge < -0.3 is 20.8 Å². The first-order valence-corrected chi connectivity index (χ1v) is 6.28. The van der Waals surface area contributed by atoms with Gasteiger partial charge in [-0.1, -0.05) is 12.1 Å². The fourth-order valence-electron chi connectivity index (χ4n) is 1.64. The Morgan fingerprint density at radius 2 is 1.95 bits per heavy atom. The van der Waals surface area contributed by atoms with E-state index in [1.807, 2.05) is 0 Å². The highest BCUT2D eigenvalue weighted by Gasteiger charge is 1.99. The Morgan fingerprint density at radius 3 is 2.57 bits per heavy atom. The van der Waals surface area contributed by atoms with Crippen LogP contribution in [0.15, 0.2) is 53.2 Å². The Labute approximate surface area is 121 Å². The molecule has 1 aromatic carbocycles. The molecule has 21 heavy (non-hydrogen) atoms. The second-order valence-electron chi connectivity index (χ2n) is 4.25. The lowest BCUT2D eigenvalue weighted by Crippen LogP contribution is -2.20. The van der Waals surface area contributed by atoms with Crippen LogP contribution >= 0.6 is 0 Å². The van der Waals surface area contributed by atoms with E-state index in [9.17, 15) is 9.59 Å². The van der Waals surface area contributed by atoms with Crippen molar-refractivity contribution in [3.05, 3.63) is 60.1 Å². The fourth-order valence-corrected chi connectivity index (χ4v) is 1.64. The van der Waals surface area contributed by atoms with Gasteiger partial charge in [0.2, 0.25) is 5.91 Å². The molecule has 0 aliphatic heterocycles. The van der Waals surface area contributed by atoms with Crippen molar-refractivity contribution in [3.63, 3.8) is 0 Å². The quantitative estimate of drug-likeness (QED) is 0.734. The molecule has 1 aromatic heterocycles. The molecule has 0 atom stereocenters. The molecule has 0 unspecified atom stereocenters. The molecule has 4 N–H and O–H groups in total. The number of carbonyl (C=O) groups is 2. The second-order valence-corrected chi connectivity index (χ2v) is 4.25. The number of furan rings is 1. The third kappa shape index (κ3) is 4.87. The third-order valence-corrected chi connectivity index (χ3v) is 2.63. The number of nitrogens with two attached hydrogens (primary N) is 1. The van der Waals surface area contributed by atoms with Gasteiger partial charge in [0.25, 0.3) is 0 Å². The molecule has 0 fully saturated rings. The largest absolute Gasteiger partial charge is 0.465 e. The number of urea groups is 1. The molecule has 1 heterocycles. The molecule has 0 saturated heterocycles. The van der Waals surface area contributed by atoms with Crippen LogP contribution in [-0.2, 0) is 11.3 Å². The molecule has 6 nitrogen and oxygen atoms in total. The van der Waals surface area contributed by atoms with Gasteiger partial charge >= 0.3 is 6.03 Å². The third-order valence-electron chi connectivity index (χ3n) is 2.63. The number of anilines is 1. The summed E-state index contributed by atoms with van der Waals surface area (Å²) < 4.78 is 5.08. The maximum Gasteiger partial charge on any atom is 0.316 e. The van der Waals surface area contributed by atoms with E-state index in [0.717, 1.165) is 5.56 Å². The molecule has 0 radical (unpaired) electrons. The Bertz CT molecular complexity index is 631. The first-order chi connectivity index (χ1) is 10.1. The maximum absolute atomic E-state index is 11.6. The Kier molecular flexibility index (Phi) is 4.76. The van der Waals surface area contributed by atoms with Crippen molar-refractivity contribution in [2.24, 2.45) is 5.73 Å². The fraction of sp³-hybridized carbons (Fsp3) is 0.0667. The molecule has 2 aromatic rings. The average molecular weight is 285 g/mol. The van der Waals surface area contributed by atoms with Gasteiger partial charge in [0.1, 0.15) is 5.76 Å². The molecule has 6 heteroatoms. The van der Waals surface area contributed by atoms with Crippen molar-refractivity contribution in [1.82, 2.24) is 5.32 Å². The first-order valence-electron chi connectivity index (χ1n) is 6.28. The van der Waals surface area contributed by atoms with Crippen molar-refractivity contribution in [3.8, 4) is 0 Å². The van der Waals surface area contributed by atoms with Gasteiger partial charge in [0, 0.05) is 18.3 Å². The van der Waals surface area contributed by atoms with Crippen LogP contribution in [0, 0.1) is 0 Å². The zero-order valence-corrected chi connectivity index (χ0v) is 11.2. The van der Waals surface area contributed by atoms with E-state index in [2.05, 4.69) is 10.6 Å². The predicted molar refractivity (Wildman–Crippen MR) is 79.2 cm³/mol. The van der Waals surface area contributed by atoms with Crippen LogP contribution in [-0.4, -0.2) is 11.9 Å². The summed E-state index contributed by atoms with van der Waals surface area (Å²) in [7, 11) is 0. The van der Waals surface area contributed by atoms with Gasteiger partial charge in [-0.2, -0.15) is 0 Å². The van der Waals surface area contributed by atoms with Crippen LogP contribution in [0.1, 0.15) is 11.3 Å². The highest BCUT2D eigenvalue weighted by Crippen LogP contribution is 2.09. The van der Waals surface area contributed by atoms with Crippen molar-refractivity contribution < 1.29 is 14.0 Å². The minimum Gasteiger partial charge on any atom is -0.465 e. The molecule has 3 amide bonds. The smallest absolute Gasteiger partial charge is 0.316 e. The monoisotopic (exact) mass is 285 g/mol. The summed E-state index contributed by atoms with van der Waals surface area (Å²) in [6.45, 7) is 0.387.